The lowest BCUT2D eigenvalue weighted by Crippen LogP contribution is -2.66. The van der Waals surface area contributed by atoms with E-state index in [-0.39, 0.29) is 13.5 Å². The molecule has 4 heterocycles. The van der Waals surface area contributed by atoms with Gasteiger partial charge in [-0.15, -0.1) is 0 Å². The minimum absolute atomic E-state index is 0.0648. The molecule has 7 heteroatoms. The average molecular weight is 336 g/mol. The van der Waals surface area contributed by atoms with Crippen LogP contribution >= 0.6 is 0 Å². The second kappa shape index (κ2) is 3.94. The molecule has 2 atom stereocenters. The number of benzene rings is 2. The standard InChI is InChI=1S/C18H12N2O5/c21-15-17-11-5-1-3-7-13(11)19-9-24-16(22)18(19,25-17)12-6-2-4-8-14(12)20(17)10-23-15/h1-8H,9-10H2. The minimum atomic E-state index is -1.48. The first-order valence-electron chi connectivity index (χ1n) is 7.98. The van der Waals surface area contributed by atoms with Crippen molar-refractivity contribution >= 4 is 23.3 Å². The molecule has 0 radical (unpaired) electrons. The lowest BCUT2D eigenvalue weighted by molar-refractivity contribution is -0.200. The van der Waals surface area contributed by atoms with E-state index in [1.807, 2.05) is 48.5 Å². The van der Waals surface area contributed by atoms with Gasteiger partial charge in [0.05, 0.1) is 11.4 Å². The van der Waals surface area contributed by atoms with E-state index in [4.69, 9.17) is 14.2 Å². The number of ether oxygens (including phenoxy) is 3. The SMILES string of the molecule is O=C1OCN2c3ccccc3C34OC12c1ccccc1N3COC4=O. The second-order valence-electron chi connectivity index (χ2n) is 6.40. The number of anilines is 2. The number of hydrogen-bond donors (Lipinski definition) is 0. The van der Waals surface area contributed by atoms with Crippen LogP contribution in [0, 0.1) is 0 Å². The Kier molecular flexibility index (Phi) is 2.09. The molecule has 0 amide bonds. The van der Waals surface area contributed by atoms with Crippen LogP contribution in [0.4, 0.5) is 11.4 Å². The number of carbonyl (C=O) groups excluding carboxylic acids is 2. The smallest absolute Gasteiger partial charge is 0.367 e. The van der Waals surface area contributed by atoms with Crippen molar-refractivity contribution in [3.8, 4) is 0 Å². The molecule has 7 nitrogen and oxygen atoms in total. The maximum atomic E-state index is 12.8. The van der Waals surface area contributed by atoms with Gasteiger partial charge in [-0.2, -0.15) is 0 Å². The van der Waals surface area contributed by atoms with Crippen LogP contribution in [0.25, 0.3) is 0 Å². The highest BCUT2D eigenvalue weighted by Gasteiger charge is 2.72. The molecule has 4 aliphatic heterocycles. The van der Waals surface area contributed by atoms with E-state index < -0.39 is 23.4 Å². The number of esters is 2. The highest BCUT2D eigenvalue weighted by molar-refractivity contribution is 5.99. The molecular weight excluding hydrogens is 324 g/mol. The van der Waals surface area contributed by atoms with E-state index in [1.165, 1.54) is 0 Å². The van der Waals surface area contributed by atoms with Gasteiger partial charge in [0.15, 0.2) is 13.5 Å². The lowest BCUT2D eigenvalue weighted by atomic mass is 9.86. The van der Waals surface area contributed by atoms with E-state index >= 15 is 0 Å². The Hall–Kier alpha value is -3.06. The predicted octanol–water partition coefficient (Wildman–Crippen LogP) is 1.38. The zero-order chi connectivity index (χ0) is 16.8. The Morgan fingerprint density at radius 3 is 1.64 bits per heavy atom. The largest absolute Gasteiger partial charge is 0.440 e. The molecule has 0 aliphatic carbocycles. The lowest BCUT2D eigenvalue weighted by Gasteiger charge is -2.53. The third kappa shape index (κ3) is 1.21. The zero-order valence-corrected chi connectivity index (χ0v) is 13.0. The van der Waals surface area contributed by atoms with Crippen LogP contribution in [-0.2, 0) is 35.2 Å². The van der Waals surface area contributed by atoms with Crippen molar-refractivity contribution in [1.29, 1.82) is 0 Å². The molecule has 2 saturated heterocycles. The topological polar surface area (TPSA) is 68.3 Å². The van der Waals surface area contributed by atoms with Crippen LogP contribution in [0.15, 0.2) is 48.5 Å². The summed E-state index contributed by atoms with van der Waals surface area (Å²) in [5.41, 5.74) is -0.187. The summed E-state index contributed by atoms with van der Waals surface area (Å²) in [6.45, 7) is 0.130. The van der Waals surface area contributed by atoms with Crippen LogP contribution in [-0.4, -0.2) is 25.4 Å². The van der Waals surface area contributed by atoms with Crippen LogP contribution < -0.4 is 9.80 Å². The number of nitrogens with zero attached hydrogens (tertiary/aromatic N) is 2. The number of carbonyl (C=O) groups is 2. The maximum Gasteiger partial charge on any atom is 0.367 e. The van der Waals surface area contributed by atoms with E-state index in [2.05, 4.69) is 0 Å². The van der Waals surface area contributed by atoms with Crippen molar-refractivity contribution in [3.05, 3.63) is 59.7 Å². The van der Waals surface area contributed by atoms with Crippen LogP contribution in [0.5, 0.6) is 0 Å². The van der Waals surface area contributed by atoms with E-state index in [1.54, 1.807) is 9.80 Å². The number of para-hydroxylation sites is 2. The van der Waals surface area contributed by atoms with Gasteiger partial charge in [0.25, 0.3) is 11.4 Å². The first-order chi connectivity index (χ1) is 12.2. The van der Waals surface area contributed by atoms with Gasteiger partial charge in [0.2, 0.25) is 0 Å². The van der Waals surface area contributed by atoms with Crippen molar-refractivity contribution in [2.45, 2.75) is 11.4 Å². The number of fused-ring (bicyclic) bond motifs is 4. The highest BCUT2D eigenvalue weighted by Crippen LogP contribution is 2.60. The summed E-state index contributed by atoms with van der Waals surface area (Å²) < 4.78 is 17.0. The van der Waals surface area contributed by atoms with Gasteiger partial charge in [-0.3, -0.25) is 14.5 Å². The molecule has 2 bridgehead atoms. The molecule has 2 fully saturated rings. The van der Waals surface area contributed by atoms with Crippen molar-refractivity contribution in [3.63, 3.8) is 0 Å². The monoisotopic (exact) mass is 336 g/mol. The zero-order valence-electron chi connectivity index (χ0n) is 13.0. The van der Waals surface area contributed by atoms with Crippen LogP contribution in [0.3, 0.4) is 0 Å². The molecule has 2 unspecified atom stereocenters. The summed E-state index contributed by atoms with van der Waals surface area (Å²) in [6.07, 6.45) is 0. The summed E-state index contributed by atoms with van der Waals surface area (Å²) in [4.78, 5) is 29.2. The normalized spacial score (nSPS) is 30.9. The Morgan fingerprint density at radius 1 is 0.720 bits per heavy atom. The Morgan fingerprint density at radius 2 is 1.16 bits per heavy atom. The molecule has 0 N–H and O–H groups in total. The minimum Gasteiger partial charge on any atom is -0.440 e. The van der Waals surface area contributed by atoms with E-state index in [9.17, 15) is 9.59 Å². The summed E-state index contributed by atoms with van der Waals surface area (Å²) in [5.74, 6) is -1.04. The van der Waals surface area contributed by atoms with Crippen LogP contribution in [0.1, 0.15) is 11.1 Å². The summed E-state index contributed by atoms with van der Waals surface area (Å²) in [5, 5.41) is 0. The van der Waals surface area contributed by atoms with Gasteiger partial charge in [0, 0.05) is 11.1 Å². The third-order valence-electron chi connectivity index (χ3n) is 5.38. The average Bonchev–Trinajstić information content (AvgIpc) is 3.15. The highest BCUT2D eigenvalue weighted by atomic mass is 16.7. The molecule has 2 aromatic rings. The first kappa shape index (κ1) is 13.3. The number of rotatable bonds is 0. The van der Waals surface area contributed by atoms with E-state index in [0.29, 0.717) is 11.1 Å². The van der Waals surface area contributed by atoms with Gasteiger partial charge in [-0.05, 0) is 12.1 Å². The Bertz CT molecular complexity index is 898. The molecule has 4 aliphatic rings. The number of cyclic esters (lactones) is 2. The van der Waals surface area contributed by atoms with Gasteiger partial charge in [0.1, 0.15) is 0 Å². The van der Waals surface area contributed by atoms with Gasteiger partial charge in [-0.25, -0.2) is 9.59 Å². The fraction of sp³-hybridized carbons (Fsp3) is 0.222. The summed E-state index contributed by atoms with van der Waals surface area (Å²) in [7, 11) is 0. The molecule has 124 valence electrons. The van der Waals surface area contributed by atoms with Gasteiger partial charge < -0.3 is 9.47 Å². The second-order valence-corrected chi connectivity index (χ2v) is 6.40. The van der Waals surface area contributed by atoms with Crippen LogP contribution in [0.2, 0.25) is 0 Å². The molecule has 2 spiro atoms. The quantitative estimate of drug-likeness (QED) is 0.673. The maximum absolute atomic E-state index is 12.8. The van der Waals surface area contributed by atoms with Crippen molar-refractivity contribution < 1.29 is 23.8 Å². The molecule has 2 aromatic carbocycles. The molecule has 0 aromatic heterocycles. The fourth-order valence-electron chi connectivity index (χ4n) is 4.34. The Balaban J connectivity index is 1.80. The van der Waals surface area contributed by atoms with Gasteiger partial charge in [-0.1, -0.05) is 36.4 Å². The van der Waals surface area contributed by atoms with Gasteiger partial charge >= 0.3 is 11.9 Å². The fourth-order valence-corrected chi connectivity index (χ4v) is 4.34. The molecule has 6 rings (SSSR count). The van der Waals surface area contributed by atoms with E-state index in [0.717, 1.165) is 11.4 Å². The van der Waals surface area contributed by atoms with Crippen molar-refractivity contribution in [2.24, 2.45) is 0 Å². The van der Waals surface area contributed by atoms with Crippen molar-refractivity contribution in [2.75, 3.05) is 23.3 Å². The number of hydrogen-bond acceptors (Lipinski definition) is 7. The summed E-state index contributed by atoms with van der Waals surface area (Å²) in [6, 6.07) is 14.8. The third-order valence-corrected chi connectivity index (χ3v) is 5.38. The Labute approximate surface area is 142 Å². The molecule has 0 saturated carbocycles. The first-order valence-corrected chi connectivity index (χ1v) is 7.98. The predicted molar refractivity (Wildman–Crippen MR) is 84.2 cm³/mol. The summed E-state index contributed by atoms with van der Waals surface area (Å²) >= 11 is 0. The van der Waals surface area contributed by atoms with Crippen molar-refractivity contribution in [1.82, 2.24) is 0 Å². The molecule has 25 heavy (non-hydrogen) atoms. The molecular formula is C18H12N2O5.